The molecule has 0 atom stereocenters. The highest BCUT2D eigenvalue weighted by molar-refractivity contribution is 9.10. The molecule has 4 aromatic rings. The highest BCUT2D eigenvalue weighted by atomic mass is 79.9. The maximum atomic E-state index is 12.3. The second-order valence-electron chi connectivity index (χ2n) is 5.64. The van der Waals surface area contributed by atoms with E-state index in [-0.39, 0.29) is 5.91 Å². The van der Waals surface area contributed by atoms with Crippen molar-refractivity contribution in [2.75, 3.05) is 5.32 Å². The van der Waals surface area contributed by atoms with Crippen LogP contribution >= 0.6 is 27.5 Å². The summed E-state index contributed by atoms with van der Waals surface area (Å²) in [5, 5.41) is 3.44. The van der Waals surface area contributed by atoms with E-state index in [0.29, 0.717) is 33.3 Å². The van der Waals surface area contributed by atoms with Crippen LogP contribution in [0.3, 0.4) is 0 Å². The van der Waals surface area contributed by atoms with E-state index in [4.69, 9.17) is 16.0 Å². The van der Waals surface area contributed by atoms with Gasteiger partial charge in [0, 0.05) is 15.7 Å². The van der Waals surface area contributed by atoms with Crippen molar-refractivity contribution in [1.29, 1.82) is 0 Å². The number of oxazole rings is 1. The first-order chi connectivity index (χ1) is 12.6. The summed E-state index contributed by atoms with van der Waals surface area (Å²) in [4.78, 5) is 16.8. The number of anilines is 1. The van der Waals surface area contributed by atoms with E-state index in [0.717, 1.165) is 10.0 Å². The SMILES string of the molecule is O=C(Nc1ccc2oc(-c3ccccc3Cl)nc2c1)c1ccc(Br)cc1. The Morgan fingerprint density at radius 2 is 1.81 bits per heavy atom. The first-order valence-corrected chi connectivity index (χ1v) is 9.00. The molecule has 0 saturated heterocycles. The zero-order chi connectivity index (χ0) is 18.1. The van der Waals surface area contributed by atoms with E-state index in [1.807, 2.05) is 30.3 Å². The second kappa shape index (κ2) is 6.94. The largest absolute Gasteiger partial charge is 0.436 e. The van der Waals surface area contributed by atoms with Gasteiger partial charge in [-0.2, -0.15) is 0 Å². The molecule has 0 aliphatic rings. The summed E-state index contributed by atoms with van der Waals surface area (Å²) in [6.07, 6.45) is 0. The predicted molar refractivity (Wildman–Crippen MR) is 107 cm³/mol. The van der Waals surface area contributed by atoms with E-state index in [2.05, 4.69) is 26.2 Å². The van der Waals surface area contributed by atoms with Crippen molar-refractivity contribution < 1.29 is 9.21 Å². The lowest BCUT2D eigenvalue weighted by atomic mass is 10.2. The molecule has 4 nitrogen and oxygen atoms in total. The van der Waals surface area contributed by atoms with Crippen molar-refractivity contribution in [3.8, 4) is 11.5 Å². The molecule has 0 fully saturated rings. The molecule has 1 N–H and O–H groups in total. The van der Waals surface area contributed by atoms with Crippen molar-refractivity contribution in [2.24, 2.45) is 0 Å². The van der Waals surface area contributed by atoms with Gasteiger partial charge < -0.3 is 9.73 Å². The summed E-state index contributed by atoms with van der Waals surface area (Å²) in [7, 11) is 0. The molecule has 26 heavy (non-hydrogen) atoms. The van der Waals surface area contributed by atoms with Crippen molar-refractivity contribution >= 4 is 50.2 Å². The van der Waals surface area contributed by atoms with Gasteiger partial charge in [-0.15, -0.1) is 0 Å². The van der Waals surface area contributed by atoms with Crippen molar-refractivity contribution in [2.45, 2.75) is 0 Å². The lowest BCUT2D eigenvalue weighted by molar-refractivity contribution is 0.102. The Bertz CT molecular complexity index is 1110. The maximum Gasteiger partial charge on any atom is 0.255 e. The summed E-state index contributed by atoms with van der Waals surface area (Å²) in [5.41, 5.74) is 3.22. The Morgan fingerprint density at radius 1 is 1.04 bits per heavy atom. The van der Waals surface area contributed by atoms with Gasteiger partial charge in [-0.3, -0.25) is 4.79 Å². The Morgan fingerprint density at radius 3 is 2.58 bits per heavy atom. The van der Waals surface area contributed by atoms with Crippen LogP contribution in [-0.2, 0) is 0 Å². The average molecular weight is 428 g/mol. The van der Waals surface area contributed by atoms with Crippen LogP contribution in [-0.4, -0.2) is 10.9 Å². The molecule has 3 aromatic carbocycles. The molecule has 0 spiro atoms. The molecule has 0 aliphatic heterocycles. The second-order valence-corrected chi connectivity index (χ2v) is 6.97. The molecule has 0 bridgehead atoms. The third-order valence-electron chi connectivity index (χ3n) is 3.86. The quantitative estimate of drug-likeness (QED) is 0.426. The number of halogens is 2. The fourth-order valence-electron chi connectivity index (χ4n) is 2.56. The molecule has 0 saturated carbocycles. The lowest BCUT2D eigenvalue weighted by Gasteiger charge is -2.05. The number of fused-ring (bicyclic) bond motifs is 1. The normalized spacial score (nSPS) is 10.8. The molecule has 0 aliphatic carbocycles. The minimum absolute atomic E-state index is 0.188. The number of rotatable bonds is 3. The molecule has 1 amide bonds. The number of hydrogen-bond donors (Lipinski definition) is 1. The third kappa shape index (κ3) is 3.36. The van der Waals surface area contributed by atoms with Gasteiger partial charge in [-0.05, 0) is 54.6 Å². The summed E-state index contributed by atoms with van der Waals surface area (Å²) in [6.45, 7) is 0. The topological polar surface area (TPSA) is 55.1 Å². The molecular weight excluding hydrogens is 416 g/mol. The summed E-state index contributed by atoms with van der Waals surface area (Å²) in [5.74, 6) is 0.258. The molecule has 1 heterocycles. The Kier molecular flexibility index (Phi) is 4.49. The van der Waals surface area contributed by atoms with Crippen LogP contribution in [0.2, 0.25) is 5.02 Å². The van der Waals surface area contributed by atoms with Gasteiger partial charge in [0.15, 0.2) is 5.58 Å². The van der Waals surface area contributed by atoms with Gasteiger partial charge in [-0.25, -0.2) is 4.98 Å². The van der Waals surface area contributed by atoms with Gasteiger partial charge in [0.25, 0.3) is 5.91 Å². The minimum Gasteiger partial charge on any atom is -0.436 e. The zero-order valence-corrected chi connectivity index (χ0v) is 15.7. The highest BCUT2D eigenvalue weighted by Gasteiger charge is 2.12. The zero-order valence-electron chi connectivity index (χ0n) is 13.4. The molecule has 1 aromatic heterocycles. The van der Waals surface area contributed by atoms with E-state index in [1.54, 1.807) is 36.4 Å². The monoisotopic (exact) mass is 426 g/mol. The van der Waals surface area contributed by atoms with Crippen LogP contribution in [0.4, 0.5) is 5.69 Å². The van der Waals surface area contributed by atoms with Crippen molar-refractivity contribution in [3.63, 3.8) is 0 Å². The number of aromatic nitrogens is 1. The maximum absolute atomic E-state index is 12.3. The average Bonchev–Trinajstić information content (AvgIpc) is 3.05. The molecule has 6 heteroatoms. The van der Waals surface area contributed by atoms with Crippen molar-refractivity contribution in [1.82, 2.24) is 4.98 Å². The first kappa shape index (κ1) is 16.8. The Labute approximate surface area is 162 Å². The van der Waals surface area contributed by atoms with Crippen molar-refractivity contribution in [3.05, 3.63) is 81.8 Å². The van der Waals surface area contributed by atoms with Crippen LogP contribution in [0.15, 0.2) is 75.6 Å². The number of nitrogens with zero attached hydrogens (tertiary/aromatic N) is 1. The lowest BCUT2D eigenvalue weighted by Crippen LogP contribution is -2.11. The van der Waals surface area contributed by atoms with Gasteiger partial charge in [0.2, 0.25) is 5.89 Å². The molecule has 0 unspecified atom stereocenters. The van der Waals surface area contributed by atoms with Gasteiger partial charge in [0.1, 0.15) is 5.52 Å². The number of nitrogens with one attached hydrogen (secondary N) is 1. The van der Waals surface area contributed by atoms with Gasteiger partial charge in [-0.1, -0.05) is 39.7 Å². The standard InChI is InChI=1S/C20H12BrClN2O2/c21-13-7-5-12(6-8-13)19(25)23-14-9-10-18-17(11-14)24-20(26-18)15-3-1-2-4-16(15)22/h1-11H,(H,23,25). The van der Waals surface area contributed by atoms with Gasteiger partial charge in [0.05, 0.1) is 10.6 Å². The molecule has 128 valence electrons. The van der Waals surface area contributed by atoms with Crippen LogP contribution < -0.4 is 5.32 Å². The fraction of sp³-hybridized carbons (Fsp3) is 0. The third-order valence-corrected chi connectivity index (χ3v) is 4.71. The first-order valence-electron chi connectivity index (χ1n) is 7.82. The fourth-order valence-corrected chi connectivity index (χ4v) is 3.04. The Hall–Kier alpha value is -2.63. The minimum atomic E-state index is -0.188. The van der Waals surface area contributed by atoms with E-state index < -0.39 is 0 Å². The highest BCUT2D eigenvalue weighted by Crippen LogP contribution is 2.30. The van der Waals surface area contributed by atoms with Crippen LogP contribution in [0, 0.1) is 0 Å². The number of benzene rings is 3. The number of amides is 1. The van der Waals surface area contributed by atoms with Crippen LogP contribution in [0.5, 0.6) is 0 Å². The predicted octanol–water partition coefficient (Wildman–Crippen LogP) is 6.16. The molecular formula is C20H12BrClN2O2. The van der Waals surface area contributed by atoms with Crippen LogP contribution in [0.1, 0.15) is 10.4 Å². The van der Waals surface area contributed by atoms with E-state index in [1.165, 1.54) is 0 Å². The van der Waals surface area contributed by atoms with E-state index >= 15 is 0 Å². The number of carbonyl (C=O) groups is 1. The number of carbonyl (C=O) groups excluding carboxylic acids is 1. The summed E-state index contributed by atoms with van der Waals surface area (Å²) in [6, 6.07) is 19.9. The number of hydrogen-bond acceptors (Lipinski definition) is 3. The van der Waals surface area contributed by atoms with Gasteiger partial charge >= 0.3 is 0 Å². The Balaban J connectivity index is 1.62. The summed E-state index contributed by atoms with van der Waals surface area (Å²) < 4.78 is 6.70. The molecule has 4 rings (SSSR count). The van der Waals surface area contributed by atoms with Crippen LogP contribution in [0.25, 0.3) is 22.6 Å². The van der Waals surface area contributed by atoms with E-state index in [9.17, 15) is 4.79 Å². The smallest absolute Gasteiger partial charge is 0.255 e. The molecule has 0 radical (unpaired) electrons. The summed E-state index contributed by atoms with van der Waals surface area (Å²) >= 11 is 9.56.